The van der Waals surface area contributed by atoms with Crippen molar-refractivity contribution >= 4 is 29.4 Å². The van der Waals surface area contributed by atoms with Crippen LogP contribution in [0.15, 0.2) is 70.5 Å². The highest BCUT2D eigenvalue weighted by Crippen LogP contribution is 2.27. The third kappa shape index (κ3) is 3.95. The Hall–Kier alpha value is -1.18. The average Bonchev–Trinajstić information content (AvgIpc) is 2.39. The molecule has 17 heavy (non-hydrogen) atoms. The van der Waals surface area contributed by atoms with E-state index in [-0.39, 0.29) is 0 Å². The summed E-state index contributed by atoms with van der Waals surface area (Å²) in [5.74, 6) is 0.556. The molecular weight excluding hydrogens is 248 g/mol. The highest BCUT2D eigenvalue weighted by atomic mass is 35.5. The molecule has 2 rings (SSSR count). The second-order valence-electron chi connectivity index (χ2n) is 3.54. The van der Waals surface area contributed by atoms with Crippen LogP contribution in [0.1, 0.15) is 5.56 Å². The van der Waals surface area contributed by atoms with E-state index in [2.05, 4.69) is 48.5 Å². The molecule has 86 valence electrons. The summed E-state index contributed by atoms with van der Waals surface area (Å²) in [6, 6.07) is 18.8. The maximum atomic E-state index is 5.60. The minimum absolute atomic E-state index is 0.556. The Morgan fingerprint density at radius 1 is 0.882 bits per heavy atom. The summed E-state index contributed by atoms with van der Waals surface area (Å²) >= 11 is 7.37. The quantitative estimate of drug-likeness (QED) is 0.690. The van der Waals surface area contributed by atoms with Gasteiger partial charge in [0, 0.05) is 15.7 Å². The summed E-state index contributed by atoms with van der Waals surface area (Å²) in [6.45, 7) is 0. The number of benzene rings is 2. The van der Waals surface area contributed by atoms with E-state index < -0.39 is 0 Å². The van der Waals surface area contributed by atoms with E-state index in [4.69, 9.17) is 11.6 Å². The van der Waals surface area contributed by atoms with Gasteiger partial charge in [-0.2, -0.15) is 0 Å². The molecule has 0 aliphatic heterocycles. The highest BCUT2D eigenvalue weighted by molar-refractivity contribution is 7.99. The first-order valence-electron chi connectivity index (χ1n) is 5.44. The molecule has 0 bridgehead atoms. The lowest BCUT2D eigenvalue weighted by Crippen LogP contribution is -1.75. The van der Waals surface area contributed by atoms with Crippen molar-refractivity contribution in [2.45, 2.75) is 9.79 Å². The van der Waals surface area contributed by atoms with Crippen LogP contribution in [-0.4, -0.2) is 5.88 Å². The molecule has 0 radical (unpaired) electrons. The van der Waals surface area contributed by atoms with E-state index >= 15 is 0 Å². The van der Waals surface area contributed by atoms with Crippen LogP contribution in [0, 0.1) is 0 Å². The van der Waals surface area contributed by atoms with Gasteiger partial charge in [0.25, 0.3) is 0 Å². The number of allylic oxidation sites excluding steroid dienone is 1. The number of hydrogen-bond donors (Lipinski definition) is 0. The molecule has 0 nitrogen and oxygen atoms in total. The number of halogens is 1. The van der Waals surface area contributed by atoms with Crippen LogP contribution in [0.4, 0.5) is 0 Å². The van der Waals surface area contributed by atoms with Gasteiger partial charge in [-0.15, -0.1) is 11.6 Å². The average molecular weight is 261 g/mol. The molecule has 0 spiro atoms. The summed E-state index contributed by atoms with van der Waals surface area (Å²) in [4.78, 5) is 2.51. The summed E-state index contributed by atoms with van der Waals surface area (Å²) in [7, 11) is 0. The van der Waals surface area contributed by atoms with Gasteiger partial charge in [-0.1, -0.05) is 54.2 Å². The molecule has 0 N–H and O–H groups in total. The van der Waals surface area contributed by atoms with Crippen molar-refractivity contribution in [2.24, 2.45) is 0 Å². The van der Waals surface area contributed by atoms with E-state index in [1.165, 1.54) is 15.4 Å². The topological polar surface area (TPSA) is 0 Å². The van der Waals surface area contributed by atoms with Crippen molar-refractivity contribution in [3.05, 3.63) is 66.2 Å². The normalized spacial score (nSPS) is 10.9. The molecule has 2 aromatic carbocycles. The first-order valence-corrected chi connectivity index (χ1v) is 6.79. The van der Waals surface area contributed by atoms with Crippen molar-refractivity contribution in [2.75, 3.05) is 5.88 Å². The molecule has 0 aliphatic carbocycles. The van der Waals surface area contributed by atoms with Crippen molar-refractivity contribution in [1.82, 2.24) is 0 Å². The van der Waals surface area contributed by atoms with Crippen LogP contribution < -0.4 is 0 Å². The largest absolute Gasteiger partial charge is 0.122 e. The lowest BCUT2D eigenvalue weighted by atomic mass is 10.2. The fourth-order valence-electron chi connectivity index (χ4n) is 1.45. The van der Waals surface area contributed by atoms with E-state index in [0.29, 0.717) is 5.88 Å². The summed E-state index contributed by atoms with van der Waals surface area (Å²) in [5, 5.41) is 0. The Balaban J connectivity index is 2.06. The molecule has 0 unspecified atom stereocenters. The zero-order valence-electron chi connectivity index (χ0n) is 9.34. The van der Waals surface area contributed by atoms with Gasteiger partial charge in [-0.25, -0.2) is 0 Å². The van der Waals surface area contributed by atoms with Crippen LogP contribution in [0.5, 0.6) is 0 Å². The Kier molecular flexibility index (Phi) is 4.72. The first kappa shape index (κ1) is 12.3. The van der Waals surface area contributed by atoms with Crippen LogP contribution in [0.3, 0.4) is 0 Å². The molecule has 2 aromatic rings. The van der Waals surface area contributed by atoms with E-state index in [9.17, 15) is 0 Å². The summed E-state index contributed by atoms with van der Waals surface area (Å²) in [5.41, 5.74) is 1.18. The SMILES string of the molecule is ClCC=Cc1ccc(Sc2ccccc2)cc1. The fourth-order valence-corrected chi connectivity index (χ4v) is 2.38. The monoisotopic (exact) mass is 260 g/mol. The summed E-state index contributed by atoms with van der Waals surface area (Å²) in [6.07, 6.45) is 3.98. The molecule has 0 aromatic heterocycles. The van der Waals surface area contributed by atoms with Gasteiger partial charge >= 0.3 is 0 Å². The van der Waals surface area contributed by atoms with Crippen LogP contribution in [0.2, 0.25) is 0 Å². The second-order valence-corrected chi connectivity index (χ2v) is 5.00. The minimum atomic E-state index is 0.556. The lowest BCUT2D eigenvalue weighted by molar-refractivity contribution is 1.40. The zero-order valence-corrected chi connectivity index (χ0v) is 10.9. The fraction of sp³-hybridized carbons (Fsp3) is 0.0667. The maximum Gasteiger partial charge on any atom is 0.0407 e. The van der Waals surface area contributed by atoms with Gasteiger partial charge < -0.3 is 0 Å². The van der Waals surface area contributed by atoms with Crippen LogP contribution in [-0.2, 0) is 0 Å². The molecule has 0 amide bonds. The predicted molar refractivity (Wildman–Crippen MR) is 76.8 cm³/mol. The van der Waals surface area contributed by atoms with E-state index in [1.807, 2.05) is 18.2 Å². The molecule has 0 fully saturated rings. The third-order valence-electron chi connectivity index (χ3n) is 2.26. The molecule has 0 aliphatic rings. The van der Waals surface area contributed by atoms with Gasteiger partial charge in [0.15, 0.2) is 0 Å². The number of alkyl halides is 1. The maximum absolute atomic E-state index is 5.60. The van der Waals surface area contributed by atoms with Crippen LogP contribution in [0.25, 0.3) is 6.08 Å². The Morgan fingerprint density at radius 3 is 2.18 bits per heavy atom. The van der Waals surface area contributed by atoms with Crippen molar-refractivity contribution < 1.29 is 0 Å². The van der Waals surface area contributed by atoms with E-state index in [1.54, 1.807) is 11.8 Å². The van der Waals surface area contributed by atoms with Gasteiger partial charge in [0.05, 0.1) is 0 Å². The Bertz CT molecular complexity index is 474. The number of rotatable bonds is 4. The highest BCUT2D eigenvalue weighted by Gasteiger charge is 1.95. The number of hydrogen-bond acceptors (Lipinski definition) is 1. The van der Waals surface area contributed by atoms with Gasteiger partial charge in [0.2, 0.25) is 0 Å². The molecule has 0 saturated carbocycles. The third-order valence-corrected chi connectivity index (χ3v) is 3.45. The van der Waals surface area contributed by atoms with Gasteiger partial charge in [0.1, 0.15) is 0 Å². The molecular formula is C15H13ClS. The van der Waals surface area contributed by atoms with Crippen molar-refractivity contribution in [1.29, 1.82) is 0 Å². The lowest BCUT2D eigenvalue weighted by Gasteiger charge is -2.01. The first-order chi connectivity index (χ1) is 8.38. The van der Waals surface area contributed by atoms with Gasteiger partial charge in [-0.3, -0.25) is 0 Å². The molecule has 2 heteroatoms. The van der Waals surface area contributed by atoms with Crippen molar-refractivity contribution in [3.8, 4) is 0 Å². The summed E-state index contributed by atoms with van der Waals surface area (Å²) < 4.78 is 0. The molecule has 0 saturated heterocycles. The second kappa shape index (κ2) is 6.53. The predicted octanol–water partition coefficient (Wildman–Crippen LogP) is 5.09. The minimum Gasteiger partial charge on any atom is -0.122 e. The van der Waals surface area contributed by atoms with Crippen molar-refractivity contribution in [3.63, 3.8) is 0 Å². The molecule has 0 heterocycles. The van der Waals surface area contributed by atoms with Gasteiger partial charge in [-0.05, 0) is 29.8 Å². The standard InChI is InChI=1S/C15H13ClS/c16-12-4-5-13-8-10-15(11-9-13)17-14-6-2-1-3-7-14/h1-11H,12H2. The van der Waals surface area contributed by atoms with Crippen LogP contribution >= 0.6 is 23.4 Å². The Morgan fingerprint density at radius 2 is 1.53 bits per heavy atom. The zero-order chi connectivity index (χ0) is 11.9. The smallest absolute Gasteiger partial charge is 0.0407 e. The molecule has 0 atom stereocenters. The van der Waals surface area contributed by atoms with E-state index in [0.717, 1.165) is 0 Å². The Labute approximate surface area is 111 Å².